The van der Waals surface area contributed by atoms with Gasteiger partial charge < -0.3 is 5.73 Å². The first-order valence-electron chi connectivity index (χ1n) is 4.44. The topological polar surface area (TPSA) is 43.8 Å². The predicted octanol–water partition coefficient (Wildman–Crippen LogP) is 1.39. The van der Waals surface area contributed by atoms with Gasteiger partial charge in [-0.15, -0.1) is 0 Å². The molecule has 0 bridgehead atoms. The molecule has 0 atom stereocenters. The Balaban J connectivity index is 2.41. The minimum absolute atomic E-state index is 0.536. The van der Waals surface area contributed by atoms with Gasteiger partial charge in [0, 0.05) is 19.3 Å². The Bertz CT molecular complexity index is 227. The lowest BCUT2D eigenvalue weighted by Crippen LogP contribution is -2.04. The minimum atomic E-state index is 0.536. The fourth-order valence-corrected chi connectivity index (χ4v) is 1.03. The highest BCUT2D eigenvalue weighted by molar-refractivity contribution is 4.97. The highest BCUT2D eigenvalue weighted by Crippen LogP contribution is 2.02. The van der Waals surface area contributed by atoms with Crippen LogP contribution in [0.5, 0.6) is 0 Å². The molecule has 3 nitrogen and oxygen atoms in total. The summed E-state index contributed by atoms with van der Waals surface area (Å²) in [5.41, 5.74) is 6.41. The van der Waals surface area contributed by atoms with Gasteiger partial charge in [0.25, 0.3) is 0 Å². The standard InChI is InChI=1S/C9H17N3/c1-8(2)3-5-12-6-4-9(7-10)11-12/h4,6,8H,3,5,7,10H2,1-2H3. The third kappa shape index (κ3) is 2.66. The zero-order valence-electron chi connectivity index (χ0n) is 7.83. The Morgan fingerprint density at radius 3 is 2.83 bits per heavy atom. The van der Waals surface area contributed by atoms with E-state index in [0.717, 1.165) is 18.2 Å². The molecule has 1 aromatic rings. The lowest BCUT2D eigenvalue weighted by atomic mass is 10.1. The van der Waals surface area contributed by atoms with E-state index < -0.39 is 0 Å². The van der Waals surface area contributed by atoms with Crippen LogP contribution in [0.15, 0.2) is 12.3 Å². The first-order valence-corrected chi connectivity index (χ1v) is 4.44. The largest absolute Gasteiger partial charge is 0.325 e. The summed E-state index contributed by atoms with van der Waals surface area (Å²) in [6, 6.07) is 1.97. The molecule has 0 aliphatic heterocycles. The van der Waals surface area contributed by atoms with E-state index in [4.69, 9.17) is 5.73 Å². The molecule has 0 saturated heterocycles. The summed E-state index contributed by atoms with van der Waals surface area (Å²) in [6.07, 6.45) is 3.16. The van der Waals surface area contributed by atoms with Crippen LogP contribution in [0.25, 0.3) is 0 Å². The minimum Gasteiger partial charge on any atom is -0.325 e. The van der Waals surface area contributed by atoms with Gasteiger partial charge in [-0.3, -0.25) is 4.68 Å². The van der Waals surface area contributed by atoms with Crippen LogP contribution in [-0.2, 0) is 13.1 Å². The summed E-state index contributed by atoms with van der Waals surface area (Å²) < 4.78 is 1.96. The van der Waals surface area contributed by atoms with Gasteiger partial charge in [0.15, 0.2) is 0 Å². The summed E-state index contributed by atoms with van der Waals surface area (Å²) in [5, 5.41) is 4.29. The van der Waals surface area contributed by atoms with E-state index in [1.807, 2.05) is 16.9 Å². The Kier molecular flexibility index (Phi) is 3.29. The van der Waals surface area contributed by atoms with Crippen molar-refractivity contribution in [1.82, 2.24) is 9.78 Å². The van der Waals surface area contributed by atoms with Gasteiger partial charge in [0.05, 0.1) is 5.69 Å². The zero-order valence-corrected chi connectivity index (χ0v) is 7.83. The molecule has 2 N–H and O–H groups in total. The molecule has 0 aromatic carbocycles. The number of aromatic nitrogens is 2. The van der Waals surface area contributed by atoms with Gasteiger partial charge in [0.2, 0.25) is 0 Å². The van der Waals surface area contributed by atoms with Crippen molar-refractivity contribution in [2.75, 3.05) is 0 Å². The maximum absolute atomic E-state index is 5.44. The Hall–Kier alpha value is -0.830. The van der Waals surface area contributed by atoms with Gasteiger partial charge in [-0.1, -0.05) is 13.8 Å². The molecule has 0 unspecified atom stereocenters. The van der Waals surface area contributed by atoms with Crippen molar-refractivity contribution in [3.63, 3.8) is 0 Å². The maximum atomic E-state index is 5.44. The monoisotopic (exact) mass is 167 g/mol. The van der Waals surface area contributed by atoms with Crippen molar-refractivity contribution in [1.29, 1.82) is 0 Å². The van der Waals surface area contributed by atoms with Gasteiger partial charge in [-0.05, 0) is 18.4 Å². The van der Waals surface area contributed by atoms with Gasteiger partial charge in [0.1, 0.15) is 0 Å². The molecule has 0 radical (unpaired) electrons. The van der Waals surface area contributed by atoms with Crippen molar-refractivity contribution < 1.29 is 0 Å². The molecule has 3 heteroatoms. The van der Waals surface area contributed by atoms with E-state index in [9.17, 15) is 0 Å². The van der Waals surface area contributed by atoms with Crippen molar-refractivity contribution >= 4 is 0 Å². The summed E-state index contributed by atoms with van der Waals surface area (Å²) in [7, 11) is 0. The predicted molar refractivity (Wildman–Crippen MR) is 49.6 cm³/mol. The lowest BCUT2D eigenvalue weighted by molar-refractivity contribution is 0.484. The molecule has 0 aliphatic rings. The molecule has 12 heavy (non-hydrogen) atoms. The van der Waals surface area contributed by atoms with E-state index >= 15 is 0 Å². The third-order valence-corrected chi connectivity index (χ3v) is 1.84. The molecule has 1 heterocycles. The first-order chi connectivity index (χ1) is 5.72. The molecule has 0 amide bonds. The second-order valence-electron chi connectivity index (χ2n) is 3.46. The van der Waals surface area contributed by atoms with E-state index in [1.165, 1.54) is 6.42 Å². The number of hydrogen-bond acceptors (Lipinski definition) is 2. The van der Waals surface area contributed by atoms with Crippen LogP contribution in [0, 0.1) is 5.92 Å². The average Bonchev–Trinajstić information content (AvgIpc) is 2.48. The summed E-state index contributed by atoms with van der Waals surface area (Å²) in [5.74, 6) is 0.732. The van der Waals surface area contributed by atoms with Gasteiger partial charge >= 0.3 is 0 Å². The molecule has 1 rings (SSSR count). The van der Waals surface area contributed by atoms with Crippen molar-refractivity contribution in [3.05, 3.63) is 18.0 Å². The van der Waals surface area contributed by atoms with Crippen molar-refractivity contribution in [2.24, 2.45) is 11.7 Å². The molecular weight excluding hydrogens is 150 g/mol. The smallest absolute Gasteiger partial charge is 0.0760 e. The van der Waals surface area contributed by atoms with Gasteiger partial charge in [-0.2, -0.15) is 5.10 Å². The molecule has 0 fully saturated rings. The van der Waals surface area contributed by atoms with E-state index in [-0.39, 0.29) is 0 Å². The quantitative estimate of drug-likeness (QED) is 0.736. The Morgan fingerprint density at radius 1 is 1.58 bits per heavy atom. The second kappa shape index (κ2) is 4.26. The summed E-state index contributed by atoms with van der Waals surface area (Å²) in [4.78, 5) is 0. The molecule has 1 aromatic heterocycles. The number of nitrogens with two attached hydrogens (primary N) is 1. The summed E-state index contributed by atoms with van der Waals surface area (Å²) in [6.45, 7) is 5.97. The zero-order chi connectivity index (χ0) is 8.97. The average molecular weight is 167 g/mol. The Morgan fingerprint density at radius 2 is 2.33 bits per heavy atom. The van der Waals surface area contributed by atoms with Crippen LogP contribution in [0.1, 0.15) is 26.0 Å². The Labute approximate surface area is 73.6 Å². The first kappa shape index (κ1) is 9.26. The van der Waals surface area contributed by atoms with Crippen LogP contribution in [-0.4, -0.2) is 9.78 Å². The number of rotatable bonds is 4. The second-order valence-corrected chi connectivity index (χ2v) is 3.46. The van der Waals surface area contributed by atoms with Crippen LogP contribution in [0.4, 0.5) is 0 Å². The molecule has 68 valence electrons. The fraction of sp³-hybridized carbons (Fsp3) is 0.667. The third-order valence-electron chi connectivity index (χ3n) is 1.84. The molecule has 0 aliphatic carbocycles. The van der Waals surface area contributed by atoms with E-state index in [2.05, 4.69) is 18.9 Å². The van der Waals surface area contributed by atoms with Crippen LogP contribution in [0.3, 0.4) is 0 Å². The molecular formula is C9H17N3. The highest BCUT2D eigenvalue weighted by Gasteiger charge is 1.97. The van der Waals surface area contributed by atoms with E-state index in [0.29, 0.717) is 6.54 Å². The summed E-state index contributed by atoms with van der Waals surface area (Å²) >= 11 is 0. The SMILES string of the molecule is CC(C)CCn1ccc(CN)n1. The fourth-order valence-electron chi connectivity index (χ4n) is 1.03. The number of aryl methyl sites for hydroxylation is 1. The highest BCUT2D eigenvalue weighted by atomic mass is 15.3. The number of nitrogens with zero attached hydrogens (tertiary/aromatic N) is 2. The lowest BCUT2D eigenvalue weighted by Gasteiger charge is -2.03. The van der Waals surface area contributed by atoms with Gasteiger partial charge in [-0.25, -0.2) is 0 Å². The molecule has 0 saturated carbocycles. The van der Waals surface area contributed by atoms with E-state index in [1.54, 1.807) is 0 Å². The van der Waals surface area contributed by atoms with Crippen LogP contribution < -0.4 is 5.73 Å². The maximum Gasteiger partial charge on any atom is 0.0760 e. The van der Waals surface area contributed by atoms with Crippen LogP contribution >= 0.6 is 0 Å². The van der Waals surface area contributed by atoms with Crippen molar-refractivity contribution in [3.8, 4) is 0 Å². The normalized spacial score (nSPS) is 11.0. The molecule has 0 spiro atoms. The number of hydrogen-bond donors (Lipinski definition) is 1. The van der Waals surface area contributed by atoms with Crippen LogP contribution in [0.2, 0.25) is 0 Å². The van der Waals surface area contributed by atoms with Crippen molar-refractivity contribution in [2.45, 2.75) is 33.4 Å².